The molecule has 1 amide bonds. The van der Waals surface area contributed by atoms with E-state index in [9.17, 15) is 9.59 Å². The second kappa shape index (κ2) is 2.77. The summed E-state index contributed by atoms with van der Waals surface area (Å²) in [6.45, 7) is 4.35. The lowest BCUT2D eigenvalue weighted by Crippen LogP contribution is -2.51. The van der Waals surface area contributed by atoms with Crippen molar-refractivity contribution in [1.29, 1.82) is 0 Å². The van der Waals surface area contributed by atoms with Gasteiger partial charge in [0.15, 0.2) is 12.4 Å². The highest BCUT2D eigenvalue weighted by Gasteiger charge is 2.39. The van der Waals surface area contributed by atoms with E-state index in [-0.39, 0.29) is 5.41 Å². The molecule has 0 saturated carbocycles. The molecule has 0 bridgehead atoms. The summed E-state index contributed by atoms with van der Waals surface area (Å²) >= 11 is 0. The molecule has 0 aromatic carbocycles. The third-order valence-corrected chi connectivity index (χ3v) is 2.08. The zero-order valence-electron chi connectivity index (χ0n) is 7.53. The van der Waals surface area contributed by atoms with Crippen molar-refractivity contribution in [3.63, 3.8) is 0 Å². The van der Waals surface area contributed by atoms with E-state index in [2.05, 4.69) is 0 Å². The predicted molar refractivity (Wildman–Crippen MR) is 42.7 cm³/mol. The van der Waals surface area contributed by atoms with Crippen molar-refractivity contribution in [2.24, 2.45) is 5.41 Å². The largest absolute Gasteiger partial charge is 0.438 e. The van der Waals surface area contributed by atoms with Gasteiger partial charge in [-0.3, -0.25) is 4.79 Å². The number of hydrogen-bond donors (Lipinski definition) is 0. The Morgan fingerprint density at radius 1 is 1.67 bits per heavy atom. The summed E-state index contributed by atoms with van der Waals surface area (Å²) in [7, 11) is 1.66. The van der Waals surface area contributed by atoms with Crippen LogP contribution >= 0.6 is 0 Å². The minimum absolute atomic E-state index is 0.287. The predicted octanol–water partition coefficient (Wildman–Crippen LogP) is 0.662. The van der Waals surface area contributed by atoms with Crippen LogP contribution in [-0.2, 0) is 9.53 Å². The smallest absolute Gasteiger partial charge is 0.410 e. The number of amides is 1. The zero-order valence-corrected chi connectivity index (χ0v) is 7.53. The van der Waals surface area contributed by atoms with Gasteiger partial charge in [-0.05, 0) is 0 Å². The topological polar surface area (TPSA) is 46.6 Å². The molecular weight excluding hydrogens is 158 g/mol. The lowest BCUT2D eigenvalue weighted by Gasteiger charge is -2.39. The van der Waals surface area contributed by atoms with Gasteiger partial charge in [-0.1, -0.05) is 13.8 Å². The number of carbonyl (C=O) groups is 2. The van der Waals surface area contributed by atoms with Gasteiger partial charge in [0.25, 0.3) is 0 Å². The standard InChI is InChI=1S/C8H13NO3/c1-8(2)5-9(3)7(11)12-6(8)4-10/h4,6H,5H2,1-3H3/t6-/m0/s1. The van der Waals surface area contributed by atoms with Crippen LogP contribution in [0.15, 0.2) is 0 Å². The van der Waals surface area contributed by atoms with Gasteiger partial charge in [-0.25, -0.2) is 4.79 Å². The number of rotatable bonds is 1. The number of nitrogens with zero attached hydrogens (tertiary/aromatic N) is 1. The molecule has 0 aromatic heterocycles. The molecule has 1 atom stereocenters. The van der Waals surface area contributed by atoms with Crippen LogP contribution in [0.3, 0.4) is 0 Å². The van der Waals surface area contributed by atoms with E-state index in [1.807, 2.05) is 13.8 Å². The molecular formula is C8H13NO3. The fourth-order valence-corrected chi connectivity index (χ4v) is 1.34. The fraction of sp³-hybridized carbons (Fsp3) is 0.750. The molecule has 1 heterocycles. The summed E-state index contributed by atoms with van der Waals surface area (Å²) in [5.74, 6) is 0. The maximum Gasteiger partial charge on any atom is 0.410 e. The molecule has 0 radical (unpaired) electrons. The van der Waals surface area contributed by atoms with Crippen molar-refractivity contribution in [2.75, 3.05) is 13.6 Å². The Bertz CT molecular complexity index is 212. The Hall–Kier alpha value is -1.06. The van der Waals surface area contributed by atoms with E-state index in [4.69, 9.17) is 4.74 Å². The number of aldehydes is 1. The number of carbonyl (C=O) groups excluding carboxylic acids is 2. The van der Waals surface area contributed by atoms with Gasteiger partial charge in [0.05, 0.1) is 0 Å². The molecule has 1 aliphatic heterocycles. The van der Waals surface area contributed by atoms with E-state index in [1.165, 1.54) is 4.90 Å². The fourth-order valence-electron chi connectivity index (χ4n) is 1.34. The SMILES string of the molecule is CN1CC(C)(C)[C@H](C=O)OC1=O. The lowest BCUT2D eigenvalue weighted by atomic mass is 9.85. The monoisotopic (exact) mass is 171 g/mol. The van der Waals surface area contributed by atoms with E-state index >= 15 is 0 Å². The van der Waals surface area contributed by atoms with Gasteiger partial charge in [0.2, 0.25) is 0 Å². The number of cyclic esters (lactones) is 1. The third-order valence-electron chi connectivity index (χ3n) is 2.08. The van der Waals surface area contributed by atoms with Crippen LogP contribution < -0.4 is 0 Å². The molecule has 4 nitrogen and oxygen atoms in total. The van der Waals surface area contributed by atoms with Gasteiger partial charge >= 0.3 is 6.09 Å². The summed E-state index contributed by atoms with van der Waals surface area (Å²) < 4.78 is 4.88. The maximum atomic E-state index is 11.0. The minimum Gasteiger partial charge on any atom is -0.438 e. The van der Waals surface area contributed by atoms with Crippen molar-refractivity contribution in [3.05, 3.63) is 0 Å². The average Bonchev–Trinajstić information content (AvgIpc) is 1.96. The van der Waals surface area contributed by atoms with Crippen LogP contribution in [0, 0.1) is 5.41 Å². The van der Waals surface area contributed by atoms with Crippen LogP contribution in [-0.4, -0.2) is 37.0 Å². The van der Waals surface area contributed by atoms with Gasteiger partial charge in [-0.2, -0.15) is 0 Å². The molecule has 1 rings (SSSR count). The van der Waals surface area contributed by atoms with Crippen LogP contribution in [0.2, 0.25) is 0 Å². The highest BCUT2D eigenvalue weighted by molar-refractivity contribution is 5.73. The number of ether oxygens (including phenoxy) is 1. The molecule has 1 fully saturated rings. The highest BCUT2D eigenvalue weighted by atomic mass is 16.6. The first-order chi connectivity index (χ1) is 5.47. The van der Waals surface area contributed by atoms with Crippen LogP contribution in [0.5, 0.6) is 0 Å². The van der Waals surface area contributed by atoms with Crippen LogP contribution in [0.25, 0.3) is 0 Å². The Morgan fingerprint density at radius 2 is 2.25 bits per heavy atom. The first-order valence-corrected chi connectivity index (χ1v) is 3.84. The molecule has 0 aliphatic carbocycles. The molecule has 0 N–H and O–H groups in total. The molecule has 4 heteroatoms. The van der Waals surface area contributed by atoms with Crippen molar-refractivity contribution in [3.8, 4) is 0 Å². The van der Waals surface area contributed by atoms with E-state index in [1.54, 1.807) is 7.05 Å². The second-order valence-electron chi connectivity index (χ2n) is 3.79. The van der Waals surface area contributed by atoms with Gasteiger partial charge in [-0.15, -0.1) is 0 Å². The van der Waals surface area contributed by atoms with E-state index in [0.29, 0.717) is 12.8 Å². The van der Waals surface area contributed by atoms with Crippen molar-refractivity contribution in [1.82, 2.24) is 4.90 Å². The minimum atomic E-state index is -0.610. The summed E-state index contributed by atoms with van der Waals surface area (Å²) in [4.78, 5) is 23.0. The normalized spacial score (nSPS) is 28.1. The summed E-state index contributed by atoms with van der Waals surface area (Å²) in [5.41, 5.74) is -0.287. The Morgan fingerprint density at radius 3 is 2.75 bits per heavy atom. The molecule has 0 spiro atoms. The summed E-state index contributed by atoms with van der Waals surface area (Å²) in [6, 6.07) is 0. The molecule has 0 aromatic rings. The van der Waals surface area contributed by atoms with Gasteiger partial charge in [0, 0.05) is 19.0 Å². The van der Waals surface area contributed by atoms with Crippen molar-refractivity contribution >= 4 is 12.4 Å². The van der Waals surface area contributed by atoms with E-state index in [0.717, 1.165) is 0 Å². The van der Waals surface area contributed by atoms with Gasteiger partial charge < -0.3 is 9.64 Å². The molecule has 12 heavy (non-hydrogen) atoms. The highest BCUT2D eigenvalue weighted by Crippen LogP contribution is 2.27. The van der Waals surface area contributed by atoms with Crippen molar-refractivity contribution < 1.29 is 14.3 Å². The Balaban J connectivity index is 2.78. The molecule has 0 unspecified atom stereocenters. The molecule has 1 saturated heterocycles. The number of hydrogen-bond acceptors (Lipinski definition) is 3. The second-order valence-corrected chi connectivity index (χ2v) is 3.79. The zero-order chi connectivity index (χ0) is 9.35. The average molecular weight is 171 g/mol. The summed E-state index contributed by atoms with van der Waals surface area (Å²) in [6.07, 6.45) is -0.349. The van der Waals surface area contributed by atoms with Gasteiger partial charge in [0.1, 0.15) is 0 Å². The lowest BCUT2D eigenvalue weighted by molar-refractivity contribution is -0.125. The van der Waals surface area contributed by atoms with Crippen LogP contribution in [0.1, 0.15) is 13.8 Å². The first kappa shape index (κ1) is 9.03. The van der Waals surface area contributed by atoms with Crippen molar-refractivity contribution in [2.45, 2.75) is 20.0 Å². The third kappa shape index (κ3) is 1.42. The maximum absolute atomic E-state index is 11.0. The summed E-state index contributed by atoms with van der Waals surface area (Å²) in [5, 5.41) is 0. The Labute approximate surface area is 71.5 Å². The first-order valence-electron chi connectivity index (χ1n) is 3.84. The molecule has 68 valence electrons. The quantitative estimate of drug-likeness (QED) is 0.544. The molecule has 1 aliphatic rings. The van der Waals surface area contributed by atoms with E-state index < -0.39 is 12.2 Å². The van der Waals surface area contributed by atoms with Crippen LogP contribution in [0.4, 0.5) is 4.79 Å². The Kier molecular flexibility index (Phi) is 2.08.